The van der Waals surface area contributed by atoms with Crippen LogP contribution in [0.3, 0.4) is 0 Å². The molecule has 3 amide bonds. The molecule has 0 aliphatic carbocycles. The van der Waals surface area contributed by atoms with Crippen LogP contribution < -0.4 is 22.1 Å². The number of rotatable bonds is 24. The van der Waals surface area contributed by atoms with Gasteiger partial charge in [-0.15, -0.1) is 20.4 Å². The maximum absolute atomic E-state index is 12.7. The number of hydrazine groups is 2. The van der Waals surface area contributed by atoms with Crippen LogP contribution in [0.25, 0.3) is 28.4 Å². The van der Waals surface area contributed by atoms with Gasteiger partial charge in [0.05, 0.1) is 63.7 Å². The van der Waals surface area contributed by atoms with Crippen LogP contribution in [0.4, 0.5) is 52.7 Å². The molecule has 0 fully saturated rings. The first-order valence-corrected chi connectivity index (χ1v) is 38.2. The number of Topliss-reactive ketones (excluding diaryl/α,β-unsaturated/α-hetero) is 1. The Labute approximate surface area is 698 Å². The van der Waals surface area contributed by atoms with Crippen LogP contribution >= 0.6 is 7.60 Å². The summed E-state index contributed by atoms with van der Waals surface area (Å²) in [6.07, 6.45) is -15.3. The van der Waals surface area contributed by atoms with E-state index in [1.54, 1.807) is 88.4 Å². The molecule has 10 rings (SSSR count). The number of aliphatic hydroxyl groups excluding tert-OH is 3. The van der Waals surface area contributed by atoms with Gasteiger partial charge in [-0.1, -0.05) is 121 Å². The number of aromatic nitrogens is 4. The van der Waals surface area contributed by atoms with Crippen LogP contribution in [0.2, 0.25) is 0 Å². The van der Waals surface area contributed by atoms with Crippen LogP contribution in [-0.4, -0.2) is 121 Å². The monoisotopic (exact) mass is 1750 g/mol. The van der Waals surface area contributed by atoms with Crippen LogP contribution in [0.15, 0.2) is 203 Å². The Kier molecular flexibility index (Phi) is 36.3. The molecule has 9 N–H and O–H groups in total. The van der Waals surface area contributed by atoms with Crippen molar-refractivity contribution in [2.75, 3.05) is 34.0 Å². The minimum absolute atomic E-state index is 0.137. The van der Waals surface area contributed by atoms with Gasteiger partial charge in [0.2, 0.25) is 35.3 Å². The van der Waals surface area contributed by atoms with E-state index in [0.29, 0.717) is 70.0 Å². The Bertz CT molecular complexity index is 5290. The molecule has 0 aliphatic heterocycles. The van der Waals surface area contributed by atoms with Gasteiger partial charge < -0.3 is 48.6 Å². The molecule has 0 saturated carbocycles. The molecule has 25 nitrogen and oxygen atoms in total. The largest absolute Gasteiger partial charge is 0.481 e. The van der Waals surface area contributed by atoms with E-state index in [-0.39, 0.29) is 43.6 Å². The SMILES string of the molecule is CC(C)(C=O)c1nnc(-c2ccccc2Cc2ccc(C(F)(F)F)cc2)o1.CC(C)(CO)C(=O)NNC(=O)c1ccccc1Cc1ccc(C(F)(F)F)cc1.CC(C)(CO)C(=O)O.CC(C)(CO)c1nnc(-c2ccccc2Cc2ccc(C(F)(F)F)cc2)o1.COP(=O)(OC)C(=[N+]=[N-])C(C)=O.NNC(=O)c1ccccc1Cc1ccc(C(F)(F)F)cc1. The lowest BCUT2D eigenvalue weighted by Gasteiger charge is -2.21. The molecule has 0 saturated heterocycles. The summed E-state index contributed by atoms with van der Waals surface area (Å²) >= 11 is 0. The number of carbonyl (C=O) groups is 6. The first-order chi connectivity index (χ1) is 57.4. The van der Waals surface area contributed by atoms with Gasteiger partial charge in [0.1, 0.15) is 6.29 Å². The molecule has 8 aromatic carbocycles. The lowest BCUT2D eigenvalue weighted by atomic mass is 9.94. The summed E-state index contributed by atoms with van der Waals surface area (Å²) < 4.78 is 183. The number of aliphatic carboxylic acids is 1. The predicted molar refractivity (Wildman–Crippen MR) is 426 cm³/mol. The fourth-order valence-electron chi connectivity index (χ4n) is 10.1. The zero-order valence-electron chi connectivity index (χ0n) is 68.0. The quantitative estimate of drug-likeness (QED) is 0.00320. The number of aliphatic hydroxyl groups is 3. The number of nitrogens with zero attached hydrogens (tertiary/aromatic N) is 6. The van der Waals surface area contributed by atoms with E-state index in [4.69, 9.17) is 30.4 Å². The third-order valence-electron chi connectivity index (χ3n) is 17.9. The second kappa shape index (κ2) is 44.0. The zero-order valence-corrected chi connectivity index (χ0v) is 68.9. The molecule has 2 heterocycles. The number of amides is 3. The fourth-order valence-corrected chi connectivity index (χ4v) is 11.1. The number of aldehydes is 1. The third-order valence-corrected chi connectivity index (χ3v) is 19.8. The molecule has 0 radical (unpaired) electrons. The van der Waals surface area contributed by atoms with E-state index in [0.717, 1.165) is 98.2 Å². The van der Waals surface area contributed by atoms with Crippen molar-refractivity contribution in [2.45, 2.75) is 124 Å². The van der Waals surface area contributed by atoms with Gasteiger partial charge in [0, 0.05) is 43.4 Å². The highest BCUT2D eigenvalue weighted by Crippen LogP contribution is 2.47. The minimum atomic E-state index is -4.41. The van der Waals surface area contributed by atoms with Crippen molar-refractivity contribution in [2.24, 2.45) is 16.7 Å². The summed E-state index contributed by atoms with van der Waals surface area (Å²) in [4.78, 5) is 70.5. The van der Waals surface area contributed by atoms with Gasteiger partial charge in [0.25, 0.3) is 11.8 Å². The Balaban J connectivity index is 0.000000272. The van der Waals surface area contributed by atoms with Gasteiger partial charge in [-0.3, -0.25) is 40.3 Å². The van der Waals surface area contributed by atoms with Gasteiger partial charge in [-0.2, -0.15) is 57.5 Å². The second-order valence-electron chi connectivity index (χ2n) is 29.4. The number of ketones is 1. The average Bonchev–Trinajstić information content (AvgIpc) is 1.68. The first-order valence-electron chi connectivity index (χ1n) is 36.6. The molecule has 123 heavy (non-hydrogen) atoms. The van der Waals surface area contributed by atoms with Crippen molar-refractivity contribution in [1.29, 1.82) is 0 Å². The van der Waals surface area contributed by atoms with Gasteiger partial charge in [0.15, 0.2) is 0 Å². The van der Waals surface area contributed by atoms with Crippen molar-refractivity contribution in [3.05, 3.63) is 289 Å². The molecule has 658 valence electrons. The van der Waals surface area contributed by atoms with E-state index < -0.39 is 111 Å². The highest BCUT2D eigenvalue weighted by Gasteiger charge is 2.42. The first kappa shape index (κ1) is 101. The van der Waals surface area contributed by atoms with E-state index >= 15 is 0 Å². The van der Waals surface area contributed by atoms with Crippen LogP contribution in [0.5, 0.6) is 0 Å². The summed E-state index contributed by atoms with van der Waals surface area (Å²) in [6.45, 7) is 13.2. The van der Waals surface area contributed by atoms with Crippen molar-refractivity contribution >= 4 is 48.8 Å². The number of alkyl halides is 12. The summed E-state index contributed by atoms with van der Waals surface area (Å²) in [5.74, 6) is 3.03. The van der Waals surface area contributed by atoms with E-state index in [1.807, 2.05) is 41.8 Å². The van der Waals surface area contributed by atoms with Crippen molar-refractivity contribution in [1.82, 2.24) is 36.7 Å². The molecule has 0 atom stereocenters. The highest BCUT2D eigenvalue weighted by molar-refractivity contribution is 7.74. The van der Waals surface area contributed by atoms with Gasteiger partial charge >= 0.3 is 43.7 Å². The molecule has 0 unspecified atom stereocenters. The molecule has 10 aromatic rings. The summed E-state index contributed by atoms with van der Waals surface area (Å²) in [5.41, 5.74) is 15.7. The third kappa shape index (κ3) is 29.8. The summed E-state index contributed by atoms with van der Waals surface area (Å²) in [5, 5.41) is 51.4. The van der Waals surface area contributed by atoms with E-state index in [1.165, 1.54) is 76.2 Å². The van der Waals surface area contributed by atoms with Crippen molar-refractivity contribution < 1.29 is 129 Å². The summed E-state index contributed by atoms with van der Waals surface area (Å²) in [7, 11) is -1.51. The number of nitrogens with two attached hydrogens (primary N) is 1. The van der Waals surface area contributed by atoms with Gasteiger partial charge in [-0.25, -0.2) is 10.4 Å². The van der Waals surface area contributed by atoms with Crippen LogP contribution in [0.1, 0.15) is 162 Å². The molecule has 0 spiro atoms. The Morgan fingerprint density at radius 3 is 1.07 bits per heavy atom. The Hall–Kier alpha value is -12.2. The average molecular weight is 1750 g/mol. The molecule has 0 bridgehead atoms. The zero-order chi connectivity index (χ0) is 92.3. The normalized spacial score (nSPS) is 11.8. The van der Waals surface area contributed by atoms with Crippen LogP contribution in [0, 0.1) is 10.8 Å². The maximum Gasteiger partial charge on any atom is 0.446 e. The molecule has 38 heteroatoms. The van der Waals surface area contributed by atoms with E-state index in [9.17, 15) is 96.2 Å². The number of hydrogen-bond donors (Lipinski definition) is 8. The number of hydrogen-bond acceptors (Lipinski definition) is 19. The lowest BCUT2D eigenvalue weighted by Crippen LogP contribution is -2.48. The number of carboxylic acid groups (broad SMARTS) is 1. The highest BCUT2D eigenvalue weighted by atomic mass is 31.2. The van der Waals surface area contributed by atoms with Gasteiger partial charge in [-0.05, 0) is 198 Å². The van der Waals surface area contributed by atoms with E-state index in [2.05, 4.69) is 45.1 Å². The van der Waals surface area contributed by atoms with Crippen molar-refractivity contribution in [3.63, 3.8) is 0 Å². The van der Waals surface area contributed by atoms with Crippen LogP contribution in [-0.2, 0) is 94.0 Å². The number of carboxylic acids is 1. The fraction of sp³-hybridized carbons (Fsp3) is 0.306. The molecule has 0 aliphatic rings. The molecular formula is C85H89F12N10O15P. The number of carbonyl (C=O) groups excluding carboxylic acids is 5. The number of nitrogen functional groups attached to an aromatic ring is 1. The lowest BCUT2D eigenvalue weighted by molar-refractivity contribution is -0.149. The number of nitrogens with one attached hydrogen (secondary N) is 3. The second-order valence-corrected chi connectivity index (χ2v) is 31.6. The van der Waals surface area contributed by atoms with Crippen molar-refractivity contribution in [3.8, 4) is 22.9 Å². The smallest absolute Gasteiger partial charge is 0.446 e. The Morgan fingerprint density at radius 2 is 0.780 bits per heavy atom. The Morgan fingerprint density at radius 1 is 0.463 bits per heavy atom. The predicted octanol–water partition coefficient (Wildman–Crippen LogP) is 16.2. The standard InChI is InChI=1S/C20H21F3N2O3.C20H19F3N2O2.C20H17F3N2O2.C15H13F3N2O.C5H9N2O4P.C5H10O3/c1-19(2,12-26)18(28)25-24-17(27)16-6-4-3-5-14(16)11-13-7-9-15(10-8-13)20(21,22)23;2*1-19(2,12-26)18-25-24-17(27-18)16-6-4-3-5-14(16)11-13-7-9-15(10-8-13)20(21,22)23;16-15(17,18)12-7-5-10(6-8-12)9-11-3-1-2-4-13(11)14(21)20-19;1-4(8)5(7-6)12(9,10-2)11-3;1-5(2,3-6)4(7)8/h3-10,26H,11-12H2,1-2H3,(H,24,27)(H,25,28);3-10,26H,11-12H2,1-2H3;3-10,12H,11H2,1-2H3;1-8H,9,19H2,(H,20,21);1-3H3;6H,3H2,1-2H3,(H,7,8). The number of benzene rings is 8. The number of halogens is 12. The summed E-state index contributed by atoms with van der Waals surface area (Å²) in [6, 6.07) is 47.7. The topological polar surface area (TPSA) is 395 Å². The molecular weight excluding hydrogens is 1660 g/mol. The molecule has 2 aromatic heterocycles. The maximum atomic E-state index is 12.7. The minimum Gasteiger partial charge on any atom is -0.481 e.